The fourth-order valence-electron chi connectivity index (χ4n) is 2.76. The SMILES string of the molecule is O=C(NC[C@H](O)c1ccccc1F)Nc1cccc(CN2CCOC2=O)c1. The van der Waals surface area contributed by atoms with Gasteiger partial charge in [-0.25, -0.2) is 14.0 Å². The molecular formula is C19H20FN3O4. The summed E-state index contributed by atoms with van der Waals surface area (Å²) in [6.07, 6.45) is -1.50. The quantitative estimate of drug-likeness (QED) is 0.726. The van der Waals surface area contributed by atoms with Crippen molar-refractivity contribution in [3.8, 4) is 0 Å². The van der Waals surface area contributed by atoms with Gasteiger partial charge in [-0.05, 0) is 23.8 Å². The molecule has 1 fully saturated rings. The molecule has 3 rings (SSSR count). The highest BCUT2D eigenvalue weighted by atomic mass is 19.1. The van der Waals surface area contributed by atoms with Gasteiger partial charge >= 0.3 is 12.1 Å². The minimum atomic E-state index is -1.15. The van der Waals surface area contributed by atoms with Gasteiger partial charge in [-0.15, -0.1) is 0 Å². The lowest BCUT2D eigenvalue weighted by atomic mass is 10.1. The van der Waals surface area contributed by atoms with E-state index in [1.165, 1.54) is 18.2 Å². The van der Waals surface area contributed by atoms with E-state index in [0.29, 0.717) is 25.4 Å². The number of ether oxygens (including phenoxy) is 1. The van der Waals surface area contributed by atoms with Crippen molar-refractivity contribution in [2.45, 2.75) is 12.6 Å². The molecule has 1 aliphatic heterocycles. The normalized spacial score (nSPS) is 14.6. The van der Waals surface area contributed by atoms with E-state index in [4.69, 9.17) is 4.74 Å². The van der Waals surface area contributed by atoms with Crippen molar-refractivity contribution >= 4 is 17.8 Å². The number of benzene rings is 2. The first-order chi connectivity index (χ1) is 13.0. The van der Waals surface area contributed by atoms with E-state index in [1.807, 2.05) is 6.07 Å². The standard InChI is InChI=1S/C19H20FN3O4/c20-16-7-2-1-6-15(16)17(24)11-21-18(25)22-14-5-3-4-13(10-14)12-23-8-9-27-19(23)26/h1-7,10,17,24H,8-9,11-12H2,(H2,21,22,25)/t17-/m0/s1. The number of amides is 3. The van der Waals surface area contributed by atoms with E-state index in [9.17, 15) is 19.1 Å². The van der Waals surface area contributed by atoms with Gasteiger partial charge in [0.1, 0.15) is 12.4 Å². The minimum Gasteiger partial charge on any atom is -0.448 e. The number of aliphatic hydroxyl groups excluding tert-OH is 1. The Morgan fingerprint density at radius 3 is 2.81 bits per heavy atom. The van der Waals surface area contributed by atoms with Crippen molar-refractivity contribution < 1.29 is 23.8 Å². The number of halogens is 1. The van der Waals surface area contributed by atoms with E-state index >= 15 is 0 Å². The number of nitrogens with one attached hydrogen (secondary N) is 2. The summed E-state index contributed by atoms with van der Waals surface area (Å²) in [4.78, 5) is 25.1. The Morgan fingerprint density at radius 2 is 2.07 bits per heavy atom. The highest BCUT2D eigenvalue weighted by Crippen LogP contribution is 2.17. The third-order valence-corrected chi connectivity index (χ3v) is 4.12. The summed E-state index contributed by atoms with van der Waals surface area (Å²) in [5, 5.41) is 15.2. The summed E-state index contributed by atoms with van der Waals surface area (Å²) >= 11 is 0. The first kappa shape index (κ1) is 18.7. The number of carbonyl (C=O) groups excluding carboxylic acids is 2. The molecule has 8 heteroatoms. The summed E-state index contributed by atoms with van der Waals surface area (Å²) in [6.45, 7) is 1.17. The Kier molecular flexibility index (Phi) is 5.87. The molecule has 0 spiro atoms. The van der Waals surface area contributed by atoms with Crippen LogP contribution in [0.15, 0.2) is 48.5 Å². The Morgan fingerprint density at radius 1 is 1.26 bits per heavy atom. The van der Waals surface area contributed by atoms with Gasteiger partial charge < -0.3 is 25.4 Å². The van der Waals surface area contributed by atoms with Gasteiger partial charge in [0.25, 0.3) is 0 Å². The fraction of sp³-hybridized carbons (Fsp3) is 0.263. The molecule has 1 atom stereocenters. The zero-order valence-corrected chi connectivity index (χ0v) is 14.5. The molecule has 0 saturated carbocycles. The second-order valence-electron chi connectivity index (χ2n) is 6.11. The summed E-state index contributed by atoms with van der Waals surface area (Å²) in [7, 11) is 0. The second kappa shape index (κ2) is 8.50. The molecule has 0 unspecified atom stereocenters. The Labute approximate surface area is 155 Å². The molecule has 0 aromatic heterocycles. The van der Waals surface area contributed by atoms with Crippen molar-refractivity contribution in [2.75, 3.05) is 25.0 Å². The molecule has 0 radical (unpaired) electrons. The first-order valence-electron chi connectivity index (χ1n) is 8.51. The highest BCUT2D eigenvalue weighted by molar-refractivity contribution is 5.89. The Hall–Kier alpha value is -3.13. The molecule has 0 aliphatic carbocycles. The molecule has 0 bridgehead atoms. The lowest BCUT2D eigenvalue weighted by Crippen LogP contribution is -2.32. The summed E-state index contributed by atoms with van der Waals surface area (Å²) < 4.78 is 18.5. The van der Waals surface area contributed by atoms with Gasteiger partial charge in [-0.1, -0.05) is 30.3 Å². The van der Waals surface area contributed by atoms with E-state index in [1.54, 1.807) is 29.2 Å². The molecule has 2 aromatic carbocycles. The lowest BCUT2D eigenvalue weighted by molar-refractivity contribution is 0.157. The Bertz CT molecular complexity index is 830. The summed E-state index contributed by atoms with van der Waals surface area (Å²) in [6, 6.07) is 12.4. The molecule has 7 nitrogen and oxygen atoms in total. The fourth-order valence-corrected chi connectivity index (χ4v) is 2.76. The van der Waals surface area contributed by atoms with Crippen molar-refractivity contribution in [2.24, 2.45) is 0 Å². The third-order valence-electron chi connectivity index (χ3n) is 4.12. The van der Waals surface area contributed by atoms with Crippen LogP contribution in [0.1, 0.15) is 17.2 Å². The summed E-state index contributed by atoms with van der Waals surface area (Å²) in [5.74, 6) is -0.527. The van der Waals surface area contributed by atoms with Crippen molar-refractivity contribution in [3.63, 3.8) is 0 Å². The summed E-state index contributed by atoms with van der Waals surface area (Å²) in [5.41, 5.74) is 1.51. The van der Waals surface area contributed by atoms with Crippen molar-refractivity contribution in [1.29, 1.82) is 0 Å². The molecule has 1 heterocycles. The zero-order chi connectivity index (χ0) is 19.2. The number of urea groups is 1. The molecule has 3 N–H and O–H groups in total. The van der Waals surface area contributed by atoms with Crippen LogP contribution in [-0.2, 0) is 11.3 Å². The number of nitrogens with zero attached hydrogens (tertiary/aromatic N) is 1. The van der Waals surface area contributed by atoms with Gasteiger partial charge in [-0.2, -0.15) is 0 Å². The average molecular weight is 373 g/mol. The second-order valence-corrected chi connectivity index (χ2v) is 6.11. The third kappa shape index (κ3) is 4.95. The lowest BCUT2D eigenvalue weighted by Gasteiger charge is -2.15. The molecular weight excluding hydrogens is 353 g/mol. The topological polar surface area (TPSA) is 90.9 Å². The van der Waals surface area contributed by atoms with Crippen LogP contribution in [0, 0.1) is 5.82 Å². The predicted molar refractivity (Wildman–Crippen MR) is 96.6 cm³/mol. The average Bonchev–Trinajstić information content (AvgIpc) is 3.05. The van der Waals surface area contributed by atoms with Crippen LogP contribution in [0.25, 0.3) is 0 Å². The monoisotopic (exact) mass is 373 g/mol. The van der Waals surface area contributed by atoms with Gasteiger partial charge in [0.05, 0.1) is 12.6 Å². The van der Waals surface area contributed by atoms with Crippen molar-refractivity contribution in [3.05, 3.63) is 65.5 Å². The van der Waals surface area contributed by atoms with E-state index in [2.05, 4.69) is 10.6 Å². The van der Waals surface area contributed by atoms with Crippen LogP contribution in [-0.4, -0.2) is 41.8 Å². The molecule has 1 aliphatic rings. The van der Waals surface area contributed by atoms with Gasteiger partial charge in [-0.3, -0.25) is 0 Å². The van der Waals surface area contributed by atoms with Gasteiger partial charge in [0.2, 0.25) is 0 Å². The van der Waals surface area contributed by atoms with Crippen LogP contribution in [0.3, 0.4) is 0 Å². The molecule has 1 saturated heterocycles. The molecule has 142 valence electrons. The van der Waals surface area contributed by atoms with Crippen LogP contribution < -0.4 is 10.6 Å². The zero-order valence-electron chi connectivity index (χ0n) is 14.5. The number of aliphatic hydroxyl groups is 1. The van der Waals surface area contributed by atoms with Crippen LogP contribution in [0.4, 0.5) is 19.7 Å². The minimum absolute atomic E-state index is 0.122. The molecule has 2 aromatic rings. The van der Waals surface area contributed by atoms with E-state index < -0.39 is 18.0 Å². The number of cyclic esters (lactones) is 1. The van der Waals surface area contributed by atoms with Crippen LogP contribution in [0.2, 0.25) is 0 Å². The van der Waals surface area contributed by atoms with E-state index in [-0.39, 0.29) is 18.2 Å². The maximum absolute atomic E-state index is 13.6. The van der Waals surface area contributed by atoms with Crippen LogP contribution in [0.5, 0.6) is 0 Å². The smallest absolute Gasteiger partial charge is 0.410 e. The predicted octanol–water partition coefficient (Wildman–Crippen LogP) is 2.63. The highest BCUT2D eigenvalue weighted by Gasteiger charge is 2.21. The largest absolute Gasteiger partial charge is 0.448 e. The number of hydrogen-bond acceptors (Lipinski definition) is 4. The van der Waals surface area contributed by atoms with Gasteiger partial charge in [0.15, 0.2) is 0 Å². The maximum atomic E-state index is 13.6. The molecule has 27 heavy (non-hydrogen) atoms. The van der Waals surface area contributed by atoms with Crippen LogP contribution >= 0.6 is 0 Å². The maximum Gasteiger partial charge on any atom is 0.410 e. The first-order valence-corrected chi connectivity index (χ1v) is 8.51. The number of carbonyl (C=O) groups is 2. The number of anilines is 1. The number of rotatable bonds is 6. The Balaban J connectivity index is 1.52. The van der Waals surface area contributed by atoms with E-state index in [0.717, 1.165) is 5.56 Å². The number of hydrogen-bond donors (Lipinski definition) is 3. The molecule has 3 amide bonds. The van der Waals surface area contributed by atoms with Gasteiger partial charge in [0, 0.05) is 24.3 Å². The van der Waals surface area contributed by atoms with Crippen molar-refractivity contribution in [1.82, 2.24) is 10.2 Å².